The lowest BCUT2D eigenvalue weighted by atomic mass is 9.84. The van der Waals surface area contributed by atoms with Gasteiger partial charge in [-0.3, -0.25) is 14.4 Å². The minimum atomic E-state index is -1.20. The molecule has 9 heteroatoms. The van der Waals surface area contributed by atoms with Crippen LogP contribution in [0.2, 0.25) is 10.0 Å². The van der Waals surface area contributed by atoms with Crippen LogP contribution < -0.4 is 10.6 Å². The van der Waals surface area contributed by atoms with Crippen molar-refractivity contribution in [2.75, 3.05) is 36.8 Å². The van der Waals surface area contributed by atoms with Crippen molar-refractivity contribution in [2.45, 2.75) is 18.9 Å². The molecule has 1 unspecified atom stereocenters. The van der Waals surface area contributed by atoms with Crippen LogP contribution in [0.25, 0.3) is 0 Å². The maximum Gasteiger partial charge on any atom is 0.256 e. The van der Waals surface area contributed by atoms with E-state index >= 15 is 0 Å². The summed E-state index contributed by atoms with van der Waals surface area (Å²) in [5.41, 5.74) is 2.02. The summed E-state index contributed by atoms with van der Waals surface area (Å²) in [7, 11) is 0. The maximum atomic E-state index is 13.7. The minimum absolute atomic E-state index is 0.00291. The van der Waals surface area contributed by atoms with E-state index in [4.69, 9.17) is 23.2 Å². The van der Waals surface area contributed by atoms with E-state index in [0.29, 0.717) is 59.6 Å². The molecule has 3 amide bonds. The largest absolute Gasteiger partial charge is 0.367 e. The first kappa shape index (κ1) is 25.1. The molecular weight excluding hydrogens is 511 g/mol. The van der Waals surface area contributed by atoms with E-state index in [1.54, 1.807) is 46.2 Å². The Kier molecular flexibility index (Phi) is 6.84. The Balaban J connectivity index is 1.52. The highest BCUT2D eigenvalue weighted by molar-refractivity contribution is 6.31. The number of rotatable bonds is 5. The van der Waals surface area contributed by atoms with Crippen LogP contribution in [0.5, 0.6) is 0 Å². The van der Waals surface area contributed by atoms with Crippen LogP contribution >= 0.6 is 23.2 Å². The third-order valence-electron chi connectivity index (χ3n) is 6.95. The van der Waals surface area contributed by atoms with E-state index in [0.717, 1.165) is 11.1 Å². The van der Waals surface area contributed by atoms with Crippen molar-refractivity contribution in [2.24, 2.45) is 0 Å². The number of benzene rings is 3. The van der Waals surface area contributed by atoms with E-state index < -0.39 is 5.54 Å². The van der Waals surface area contributed by atoms with Gasteiger partial charge in [-0.2, -0.15) is 0 Å². The van der Waals surface area contributed by atoms with Crippen LogP contribution in [0.15, 0.2) is 66.7 Å². The number of nitrogens with one attached hydrogen (secondary N) is 2. The predicted octanol–water partition coefficient (Wildman–Crippen LogP) is 4.80. The Labute approximate surface area is 225 Å². The molecule has 2 aliphatic rings. The normalized spacial score (nSPS) is 18.8. The third-order valence-corrected chi connectivity index (χ3v) is 7.42. The average Bonchev–Trinajstić information content (AvgIpc) is 3.13. The highest BCUT2D eigenvalue weighted by Gasteiger charge is 2.47. The summed E-state index contributed by atoms with van der Waals surface area (Å²) in [5.74, 6) is -0.399. The van der Waals surface area contributed by atoms with Crippen molar-refractivity contribution in [1.29, 1.82) is 0 Å². The second kappa shape index (κ2) is 10.1. The van der Waals surface area contributed by atoms with Crippen molar-refractivity contribution >= 4 is 52.3 Å². The van der Waals surface area contributed by atoms with E-state index in [1.807, 2.05) is 30.3 Å². The SMILES string of the molecule is CC(=O)N1CCN(C(=O)c2ccccc2NC2(Cc3cccc(Cl)c3)C(=O)Nc3cc(Cl)ccc32)CC1. The highest BCUT2D eigenvalue weighted by atomic mass is 35.5. The molecule has 1 saturated heterocycles. The fraction of sp³-hybridized carbons (Fsp3) is 0.250. The molecule has 3 aromatic rings. The van der Waals surface area contributed by atoms with E-state index in [1.165, 1.54) is 6.92 Å². The monoisotopic (exact) mass is 536 g/mol. The second-order valence-corrected chi connectivity index (χ2v) is 10.2. The summed E-state index contributed by atoms with van der Waals surface area (Å²) in [4.78, 5) is 42.4. The first-order valence-corrected chi connectivity index (χ1v) is 12.8. The average molecular weight is 537 g/mol. The van der Waals surface area contributed by atoms with Gasteiger partial charge in [0.25, 0.3) is 11.8 Å². The molecule has 2 aliphatic heterocycles. The topological polar surface area (TPSA) is 81.8 Å². The van der Waals surface area contributed by atoms with Gasteiger partial charge in [0, 0.05) is 66.5 Å². The van der Waals surface area contributed by atoms with E-state index in [-0.39, 0.29) is 17.7 Å². The molecule has 190 valence electrons. The van der Waals surface area contributed by atoms with Gasteiger partial charge >= 0.3 is 0 Å². The molecule has 5 rings (SSSR count). The molecule has 1 atom stereocenters. The molecule has 0 saturated carbocycles. The molecule has 7 nitrogen and oxygen atoms in total. The molecule has 0 radical (unpaired) electrons. The number of anilines is 2. The number of nitrogens with zero attached hydrogens (tertiary/aromatic N) is 2. The summed E-state index contributed by atoms with van der Waals surface area (Å²) < 4.78 is 0. The zero-order chi connectivity index (χ0) is 26.2. The number of carbonyl (C=O) groups is 3. The predicted molar refractivity (Wildman–Crippen MR) is 145 cm³/mol. The van der Waals surface area contributed by atoms with E-state index in [9.17, 15) is 14.4 Å². The molecule has 2 heterocycles. The van der Waals surface area contributed by atoms with Gasteiger partial charge in [0.1, 0.15) is 5.54 Å². The number of hydrogen-bond donors (Lipinski definition) is 2. The fourth-order valence-corrected chi connectivity index (χ4v) is 5.43. The zero-order valence-electron chi connectivity index (χ0n) is 20.3. The van der Waals surface area contributed by atoms with Crippen molar-refractivity contribution in [1.82, 2.24) is 9.80 Å². The van der Waals surface area contributed by atoms with Gasteiger partial charge in [-0.15, -0.1) is 0 Å². The summed E-state index contributed by atoms with van der Waals surface area (Å²) in [6, 6.07) is 19.9. The molecule has 0 spiro atoms. The first-order valence-electron chi connectivity index (χ1n) is 12.0. The quantitative estimate of drug-likeness (QED) is 0.490. The van der Waals surface area contributed by atoms with Gasteiger partial charge in [-0.1, -0.05) is 53.5 Å². The smallest absolute Gasteiger partial charge is 0.256 e. The Morgan fingerprint density at radius 1 is 0.919 bits per heavy atom. The molecule has 3 aromatic carbocycles. The van der Waals surface area contributed by atoms with Gasteiger partial charge < -0.3 is 20.4 Å². The highest BCUT2D eigenvalue weighted by Crippen LogP contribution is 2.43. The molecule has 37 heavy (non-hydrogen) atoms. The van der Waals surface area contributed by atoms with Crippen LogP contribution in [0, 0.1) is 0 Å². The van der Waals surface area contributed by atoms with Crippen LogP contribution in [0.4, 0.5) is 11.4 Å². The molecule has 1 fully saturated rings. The number of halogens is 2. The Hall–Kier alpha value is -3.55. The lowest BCUT2D eigenvalue weighted by Crippen LogP contribution is -2.50. The molecule has 0 aliphatic carbocycles. The third kappa shape index (κ3) is 4.89. The summed E-state index contributed by atoms with van der Waals surface area (Å²) in [5, 5.41) is 7.50. The molecule has 0 bridgehead atoms. The van der Waals surface area contributed by atoms with Crippen LogP contribution in [-0.2, 0) is 21.5 Å². The number of fused-ring (bicyclic) bond motifs is 1. The number of para-hydroxylation sites is 1. The maximum absolute atomic E-state index is 13.7. The summed E-state index contributed by atoms with van der Waals surface area (Å²) in [6.45, 7) is 3.41. The summed E-state index contributed by atoms with van der Waals surface area (Å²) >= 11 is 12.5. The van der Waals surface area contributed by atoms with Crippen LogP contribution in [0.3, 0.4) is 0 Å². The number of amides is 3. The standard InChI is InChI=1S/C28H26Cl2N4O3/c1-18(35)33-11-13-34(14-12-33)26(36)22-7-2-3-8-24(22)32-28(17-19-5-4-6-20(29)15-19)23-10-9-21(30)16-25(23)31-27(28)37/h2-10,15-16,32H,11-14,17H2,1H3,(H,31,37). The van der Waals surface area contributed by atoms with Crippen LogP contribution in [-0.4, -0.2) is 53.7 Å². The van der Waals surface area contributed by atoms with E-state index in [2.05, 4.69) is 10.6 Å². The Morgan fingerprint density at radius 3 is 2.35 bits per heavy atom. The van der Waals surface area contributed by atoms with Crippen LogP contribution in [0.1, 0.15) is 28.4 Å². The van der Waals surface area contributed by atoms with Gasteiger partial charge in [0.15, 0.2) is 0 Å². The van der Waals surface area contributed by atoms with Gasteiger partial charge in [-0.05, 0) is 42.0 Å². The number of piperazine rings is 1. The lowest BCUT2D eigenvalue weighted by molar-refractivity contribution is -0.130. The number of hydrogen-bond acceptors (Lipinski definition) is 4. The van der Waals surface area contributed by atoms with Gasteiger partial charge in [-0.25, -0.2) is 0 Å². The van der Waals surface area contributed by atoms with Crippen molar-refractivity contribution in [3.05, 3.63) is 93.5 Å². The number of carbonyl (C=O) groups excluding carboxylic acids is 3. The minimum Gasteiger partial charge on any atom is -0.367 e. The molecule has 0 aromatic heterocycles. The zero-order valence-corrected chi connectivity index (χ0v) is 21.8. The van der Waals surface area contributed by atoms with Crippen molar-refractivity contribution in [3.63, 3.8) is 0 Å². The second-order valence-electron chi connectivity index (χ2n) is 9.32. The summed E-state index contributed by atoms with van der Waals surface area (Å²) in [6.07, 6.45) is 0.299. The van der Waals surface area contributed by atoms with Gasteiger partial charge in [0.2, 0.25) is 5.91 Å². The van der Waals surface area contributed by atoms with Crippen molar-refractivity contribution < 1.29 is 14.4 Å². The fourth-order valence-electron chi connectivity index (χ4n) is 5.04. The Bertz CT molecular complexity index is 1390. The Morgan fingerprint density at radius 2 is 1.62 bits per heavy atom. The first-order chi connectivity index (χ1) is 17.8. The molecule has 2 N–H and O–H groups in total. The van der Waals surface area contributed by atoms with Crippen molar-refractivity contribution in [3.8, 4) is 0 Å². The van der Waals surface area contributed by atoms with Gasteiger partial charge in [0.05, 0.1) is 5.56 Å². The lowest BCUT2D eigenvalue weighted by Gasteiger charge is -2.35. The molecular formula is C28H26Cl2N4O3.